The van der Waals surface area contributed by atoms with Crippen LogP contribution in [0.3, 0.4) is 0 Å². The molecule has 2 fully saturated rings. The van der Waals surface area contributed by atoms with Gasteiger partial charge in [-0.1, -0.05) is 26.8 Å². The second kappa shape index (κ2) is 3.60. The lowest BCUT2D eigenvalue weighted by molar-refractivity contribution is 0.119. The Morgan fingerprint density at radius 3 is 2.44 bits per heavy atom. The summed E-state index contributed by atoms with van der Waals surface area (Å²) in [5.41, 5.74) is 0.698. The topological polar surface area (TPSA) is 46.2 Å². The van der Waals surface area contributed by atoms with E-state index in [0.717, 1.165) is 5.92 Å². The Labute approximate surface area is 110 Å². The normalized spacial score (nSPS) is 47.8. The van der Waals surface area contributed by atoms with Gasteiger partial charge in [0.05, 0.1) is 5.75 Å². The van der Waals surface area contributed by atoms with Crippen molar-refractivity contribution >= 4 is 9.84 Å². The number of nitrogens with one attached hydrogen (secondary N) is 1. The lowest BCUT2D eigenvalue weighted by atomic mass is 9.69. The highest BCUT2D eigenvalue weighted by Gasteiger charge is 2.61. The predicted molar refractivity (Wildman–Crippen MR) is 72.9 cm³/mol. The van der Waals surface area contributed by atoms with Crippen LogP contribution in [0.5, 0.6) is 0 Å². The Bertz CT molecular complexity index is 494. The van der Waals surface area contributed by atoms with Crippen LogP contribution >= 0.6 is 0 Å². The third-order valence-corrected chi connectivity index (χ3v) is 7.53. The van der Waals surface area contributed by atoms with E-state index in [1.807, 2.05) is 6.08 Å². The summed E-state index contributed by atoms with van der Waals surface area (Å²) in [5, 5.41) is 4.96. The second-order valence-electron chi connectivity index (χ2n) is 7.09. The fourth-order valence-electron chi connectivity index (χ4n) is 4.39. The van der Waals surface area contributed by atoms with E-state index in [2.05, 4.69) is 26.1 Å². The Balaban J connectivity index is 1.75. The van der Waals surface area contributed by atoms with E-state index in [-0.39, 0.29) is 11.8 Å². The molecule has 3 rings (SSSR count). The van der Waals surface area contributed by atoms with Crippen molar-refractivity contribution < 1.29 is 8.42 Å². The standard InChI is InChI=1S/C14H23NO2S/c1-13(2)10-4-6-14(13,3)12(8-10)15-11-5-7-18(16,17)9-11/h5,7,10-12,15H,4,6,8-9H2,1-3H3. The quantitative estimate of drug-likeness (QED) is 0.835. The molecule has 3 aliphatic rings. The molecule has 0 spiro atoms. The molecule has 0 amide bonds. The molecular formula is C14H23NO2S. The molecule has 0 aromatic rings. The van der Waals surface area contributed by atoms with Gasteiger partial charge in [-0.05, 0) is 36.0 Å². The first-order valence-corrected chi connectivity index (χ1v) is 8.63. The molecule has 1 heterocycles. The molecule has 102 valence electrons. The van der Waals surface area contributed by atoms with E-state index in [9.17, 15) is 8.42 Å². The largest absolute Gasteiger partial charge is 0.306 e. The van der Waals surface area contributed by atoms with Gasteiger partial charge in [0.2, 0.25) is 0 Å². The molecule has 2 aliphatic carbocycles. The molecule has 3 nitrogen and oxygen atoms in total. The van der Waals surface area contributed by atoms with Crippen LogP contribution in [0.4, 0.5) is 0 Å². The Morgan fingerprint density at radius 2 is 2.00 bits per heavy atom. The van der Waals surface area contributed by atoms with E-state index in [0.29, 0.717) is 16.9 Å². The van der Waals surface area contributed by atoms with Gasteiger partial charge in [0.25, 0.3) is 0 Å². The highest BCUT2D eigenvalue weighted by Crippen LogP contribution is 2.65. The van der Waals surface area contributed by atoms with Crippen molar-refractivity contribution in [3.05, 3.63) is 11.5 Å². The van der Waals surface area contributed by atoms with Crippen molar-refractivity contribution in [3.63, 3.8) is 0 Å². The average Bonchev–Trinajstić information content (AvgIpc) is 2.76. The number of sulfone groups is 1. The van der Waals surface area contributed by atoms with Gasteiger partial charge in [-0.2, -0.15) is 0 Å². The van der Waals surface area contributed by atoms with Gasteiger partial charge in [-0.25, -0.2) is 8.42 Å². The highest BCUT2D eigenvalue weighted by molar-refractivity contribution is 7.94. The van der Waals surface area contributed by atoms with Crippen molar-refractivity contribution in [1.82, 2.24) is 5.32 Å². The molecule has 4 unspecified atom stereocenters. The molecule has 2 bridgehead atoms. The smallest absolute Gasteiger partial charge is 0.173 e. The van der Waals surface area contributed by atoms with E-state index >= 15 is 0 Å². The lowest BCUT2D eigenvalue weighted by Crippen LogP contribution is -2.48. The van der Waals surface area contributed by atoms with Gasteiger partial charge < -0.3 is 5.32 Å². The van der Waals surface area contributed by atoms with E-state index in [1.54, 1.807) is 0 Å². The number of fused-ring (bicyclic) bond motifs is 2. The molecule has 18 heavy (non-hydrogen) atoms. The maximum Gasteiger partial charge on any atom is 0.173 e. The van der Waals surface area contributed by atoms with Crippen LogP contribution in [0.2, 0.25) is 0 Å². The first kappa shape index (κ1) is 12.7. The van der Waals surface area contributed by atoms with Crippen LogP contribution in [0, 0.1) is 16.7 Å². The highest BCUT2D eigenvalue weighted by atomic mass is 32.2. The summed E-state index contributed by atoms with van der Waals surface area (Å²) < 4.78 is 22.9. The van der Waals surface area contributed by atoms with Crippen LogP contribution < -0.4 is 5.32 Å². The molecule has 1 N–H and O–H groups in total. The zero-order valence-electron chi connectivity index (χ0n) is 11.4. The minimum absolute atomic E-state index is 0.0203. The summed E-state index contributed by atoms with van der Waals surface area (Å²) in [4.78, 5) is 0. The second-order valence-corrected chi connectivity index (χ2v) is 9.03. The van der Waals surface area contributed by atoms with Crippen molar-refractivity contribution in [1.29, 1.82) is 0 Å². The van der Waals surface area contributed by atoms with Crippen LogP contribution in [-0.4, -0.2) is 26.3 Å². The van der Waals surface area contributed by atoms with Crippen molar-refractivity contribution in [2.45, 2.75) is 52.1 Å². The van der Waals surface area contributed by atoms with Crippen LogP contribution in [0.1, 0.15) is 40.0 Å². The fourth-order valence-corrected chi connectivity index (χ4v) is 5.64. The van der Waals surface area contributed by atoms with Crippen molar-refractivity contribution in [3.8, 4) is 0 Å². The third kappa shape index (κ3) is 1.61. The van der Waals surface area contributed by atoms with E-state index in [1.165, 1.54) is 24.7 Å². The zero-order valence-corrected chi connectivity index (χ0v) is 12.3. The predicted octanol–water partition coefficient (Wildman–Crippen LogP) is 2.10. The van der Waals surface area contributed by atoms with E-state index in [4.69, 9.17) is 0 Å². The zero-order chi connectivity index (χ0) is 13.2. The van der Waals surface area contributed by atoms with Gasteiger partial charge in [-0.15, -0.1) is 0 Å². The fraction of sp³-hybridized carbons (Fsp3) is 0.857. The Morgan fingerprint density at radius 1 is 1.28 bits per heavy atom. The van der Waals surface area contributed by atoms with Crippen LogP contribution in [0.15, 0.2) is 11.5 Å². The molecule has 1 aliphatic heterocycles. The SMILES string of the molecule is CC1(C)C2CCC1(C)C(NC1C=CS(=O)(=O)C1)C2. The molecule has 0 radical (unpaired) electrons. The molecule has 0 aromatic heterocycles. The first-order chi connectivity index (χ1) is 8.25. The summed E-state index contributed by atoms with van der Waals surface area (Å²) in [6.07, 6.45) is 5.62. The summed E-state index contributed by atoms with van der Waals surface area (Å²) in [6.45, 7) is 7.14. The summed E-state index contributed by atoms with van der Waals surface area (Å²) >= 11 is 0. The maximum absolute atomic E-state index is 11.5. The number of hydrogen-bond donors (Lipinski definition) is 1. The van der Waals surface area contributed by atoms with Crippen LogP contribution in [0.25, 0.3) is 0 Å². The van der Waals surface area contributed by atoms with Crippen molar-refractivity contribution in [2.24, 2.45) is 16.7 Å². The van der Waals surface area contributed by atoms with E-state index < -0.39 is 9.84 Å². The molecule has 4 heteroatoms. The molecule has 0 saturated heterocycles. The molecule has 2 saturated carbocycles. The minimum Gasteiger partial charge on any atom is -0.306 e. The Hall–Kier alpha value is -0.350. The summed E-state index contributed by atoms with van der Waals surface area (Å²) in [7, 11) is -2.94. The molecule has 4 atom stereocenters. The molecule has 0 aromatic carbocycles. The van der Waals surface area contributed by atoms with Crippen LogP contribution in [-0.2, 0) is 9.84 Å². The molecular weight excluding hydrogens is 246 g/mol. The minimum atomic E-state index is -2.94. The average molecular weight is 269 g/mol. The lowest BCUT2D eigenvalue weighted by Gasteiger charge is -2.40. The van der Waals surface area contributed by atoms with Gasteiger partial charge in [0, 0.05) is 17.5 Å². The number of rotatable bonds is 2. The monoisotopic (exact) mass is 269 g/mol. The van der Waals surface area contributed by atoms with Gasteiger partial charge >= 0.3 is 0 Å². The first-order valence-electron chi connectivity index (χ1n) is 6.92. The van der Waals surface area contributed by atoms with Gasteiger partial charge in [0.15, 0.2) is 9.84 Å². The van der Waals surface area contributed by atoms with Gasteiger partial charge in [0.1, 0.15) is 0 Å². The summed E-state index contributed by atoms with van der Waals surface area (Å²) in [5.74, 6) is 1.03. The van der Waals surface area contributed by atoms with Gasteiger partial charge in [-0.3, -0.25) is 0 Å². The Kier molecular flexibility index (Phi) is 2.54. The van der Waals surface area contributed by atoms with Crippen molar-refractivity contribution in [2.75, 3.05) is 5.75 Å². The number of hydrogen-bond acceptors (Lipinski definition) is 3. The third-order valence-electron chi connectivity index (χ3n) is 6.14. The maximum atomic E-state index is 11.5. The summed E-state index contributed by atoms with van der Waals surface area (Å²) in [6, 6.07) is 0.487.